The summed E-state index contributed by atoms with van der Waals surface area (Å²) in [6.07, 6.45) is 50.5. The Morgan fingerprint density at radius 2 is 1.04 bits per heavy atom. The Bertz CT molecular complexity index is 1170. The molecule has 0 aliphatic carbocycles. The van der Waals surface area contributed by atoms with Gasteiger partial charge in [0.05, 0.1) is 13.2 Å². The number of carbonyl (C=O) groups is 2. The second-order valence-corrected chi connectivity index (χ2v) is 14.9. The molecule has 2 unspecified atom stereocenters. The highest BCUT2D eigenvalue weighted by atomic mass is 31.2. The molecule has 9 nitrogen and oxygen atoms in total. The molecule has 0 aromatic carbocycles. The topological polar surface area (TPSA) is 134 Å². The molecule has 0 aromatic heterocycles. The van der Waals surface area contributed by atoms with Crippen LogP contribution < -0.4 is 5.73 Å². The van der Waals surface area contributed by atoms with E-state index in [2.05, 4.69) is 86.8 Å². The molecule has 3 N–H and O–H groups in total. The fourth-order valence-electron chi connectivity index (χ4n) is 5.18. The van der Waals surface area contributed by atoms with Crippen molar-refractivity contribution in [1.82, 2.24) is 0 Å². The number of hydrogen-bond donors (Lipinski definition) is 2. The minimum Gasteiger partial charge on any atom is -0.462 e. The van der Waals surface area contributed by atoms with Crippen LogP contribution in [0.15, 0.2) is 85.1 Å². The van der Waals surface area contributed by atoms with Gasteiger partial charge in [0.1, 0.15) is 6.61 Å². The van der Waals surface area contributed by atoms with Crippen molar-refractivity contribution in [2.45, 2.75) is 161 Å². The molecule has 0 bridgehead atoms. The Hall–Kier alpha value is -2.81. The Kier molecular flexibility index (Phi) is 38.8. The van der Waals surface area contributed by atoms with Gasteiger partial charge in [0, 0.05) is 19.4 Å². The zero-order chi connectivity index (χ0) is 40.3. The van der Waals surface area contributed by atoms with Crippen molar-refractivity contribution in [2.75, 3.05) is 26.4 Å². The average molecular weight is 790 g/mol. The summed E-state index contributed by atoms with van der Waals surface area (Å²) in [7, 11) is -4.40. The summed E-state index contributed by atoms with van der Waals surface area (Å²) >= 11 is 0. The number of phosphoric ester groups is 1. The molecule has 0 rings (SSSR count). The highest BCUT2D eigenvalue weighted by Gasteiger charge is 2.25. The van der Waals surface area contributed by atoms with Crippen molar-refractivity contribution in [2.24, 2.45) is 5.73 Å². The molecule has 0 fully saturated rings. The van der Waals surface area contributed by atoms with Gasteiger partial charge in [0.15, 0.2) is 6.10 Å². The van der Waals surface area contributed by atoms with Crippen LogP contribution in [0.2, 0.25) is 0 Å². The largest absolute Gasteiger partial charge is 0.472 e. The lowest BCUT2D eigenvalue weighted by atomic mass is 10.1. The predicted molar refractivity (Wildman–Crippen MR) is 229 cm³/mol. The van der Waals surface area contributed by atoms with Gasteiger partial charge < -0.3 is 20.1 Å². The highest BCUT2D eigenvalue weighted by molar-refractivity contribution is 7.47. The lowest BCUT2D eigenvalue weighted by Crippen LogP contribution is -2.29. The molecule has 0 spiro atoms. The molecule has 55 heavy (non-hydrogen) atoms. The number of rotatable bonds is 38. The monoisotopic (exact) mass is 790 g/mol. The van der Waals surface area contributed by atoms with Gasteiger partial charge in [-0.2, -0.15) is 0 Å². The molecular weight excluding hydrogens is 713 g/mol. The zero-order valence-corrected chi connectivity index (χ0v) is 35.3. The van der Waals surface area contributed by atoms with Gasteiger partial charge in [-0.1, -0.05) is 150 Å². The molecule has 0 heterocycles. The molecule has 314 valence electrons. The number of ether oxygens (including phenoxy) is 2. The van der Waals surface area contributed by atoms with Gasteiger partial charge in [0.25, 0.3) is 0 Å². The van der Waals surface area contributed by atoms with Crippen LogP contribution in [-0.4, -0.2) is 49.3 Å². The van der Waals surface area contributed by atoms with Crippen LogP contribution in [0.1, 0.15) is 155 Å². The highest BCUT2D eigenvalue weighted by Crippen LogP contribution is 2.43. The maximum Gasteiger partial charge on any atom is 0.472 e. The van der Waals surface area contributed by atoms with Crippen LogP contribution >= 0.6 is 7.82 Å². The van der Waals surface area contributed by atoms with E-state index in [0.29, 0.717) is 12.8 Å². The number of hydrogen-bond acceptors (Lipinski definition) is 8. The number of unbranched alkanes of at least 4 members (excludes halogenated alkanes) is 11. The fourth-order valence-corrected chi connectivity index (χ4v) is 5.95. The minimum atomic E-state index is -4.40. The third-order valence-electron chi connectivity index (χ3n) is 8.28. The minimum absolute atomic E-state index is 0.0371. The van der Waals surface area contributed by atoms with Crippen molar-refractivity contribution in [1.29, 1.82) is 0 Å². The number of esters is 2. The summed E-state index contributed by atoms with van der Waals surface area (Å²) in [6, 6.07) is 0. The molecule has 0 aliphatic heterocycles. The first-order valence-electron chi connectivity index (χ1n) is 21.1. The summed E-state index contributed by atoms with van der Waals surface area (Å²) in [5, 5.41) is 0. The van der Waals surface area contributed by atoms with E-state index in [4.69, 9.17) is 24.3 Å². The summed E-state index contributed by atoms with van der Waals surface area (Å²) in [5.74, 6) is -0.940. The normalized spacial score (nSPS) is 14.2. The lowest BCUT2D eigenvalue weighted by molar-refractivity contribution is -0.161. The Labute approximate surface area is 334 Å². The van der Waals surface area contributed by atoms with Crippen molar-refractivity contribution in [3.8, 4) is 0 Å². The molecule has 0 aliphatic rings. The van der Waals surface area contributed by atoms with Crippen molar-refractivity contribution < 1.29 is 37.6 Å². The quantitative estimate of drug-likeness (QED) is 0.0271. The smallest absolute Gasteiger partial charge is 0.462 e. The molecule has 0 amide bonds. The SMILES string of the molecule is CCC=CCC=CCC=CCC=CCC=CCC=CCCC(=O)OC(COC(=O)CCCCCCCCCC=CCCCCCC)COP(=O)(O)OCCN. The lowest BCUT2D eigenvalue weighted by Gasteiger charge is -2.19. The van der Waals surface area contributed by atoms with Crippen molar-refractivity contribution in [3.05, 3.63) is 85.1 Å². The number of allylic oxidation sites excluding steroid dienone is 14. The van der Waals surface area contributed by atoms with Gasteiger partial charge >= 0.3 is 19.8 Å². The van der Waals surface area contributed by atoms with Crippen LogP contribution in [0, 0.1) is 0 Å². The standard InChI is InChI=1S/C45H76NO8P/c1-3-5-7-9-11-13-15-17-19-20-21-22-24-26-28-30-32-34-36-38-45(48)54-43(42-53-55(49,50)52-40-39-46)41-51-44(47)37-35-33-31-29-27-25-23-18-16-14-12-10-8-6-4-2/h5,7,11,13-14,16-17,19,21-22,26,28,32,34,43H,3-4,6,8-10,12,15,18,20,23-25,27,29-31,33,35-42,46H2,1-2H3,(H,49,50). The molecule has 0 aromatic rings. The summed E-state index contributed by atoms with van der Waals surface area (Å²) < 4.78 is 32.6. The van der Waals surface area contributed by atoms with E-state index in [1.165, 1.54) is 51.4 Å². The first-order chi connectivity index (χ1) is 26.8. The van der Waals surface area contributed by atoms with Crippen molar-refractivity contribution >= 4 is 19.8 Å². The predicted octanol–water partition coefficient (Wildman–Crippen LogP) is 12.0. The number of phosphoric acid groups is 1. The maximum absolute atomic E-state index is 12.5. The van der Waals surface area contributed by atoms with E-state index in [9.17, 15) is 19.0 Å². The maximum atomic E-state index is 12.5. The number of carbonyl (C=O) groups excluding carboxylic acids is 2. The fraction of sp³-hybridized carbons (Fsp3) is 0.644. The van der Waals surface area contributed by atoms with Crippen molar-refractivity contribution in [3.63, 3.8) is 0 Å². The van der Waals surface area contributed by atoms with Crippen LogP contribution in [-0.2, 0) is 32.7 Å². The molecule has 0 saturated heterocycles. The molecule has 10 heteroatoms. The summed E-state index contributed by atoms with van der Waals surface area (Å²) in [5.41, 5.74) is 5.34. The number of nitrogens with two attached hydrogens (primary N) is 1. The van der Waals surface area contributed by atoms with Crippen LogP contribution in [0.3, 0.4) is 0 Å². The summed E-state index contributed by atoms with van der Waals surface area (Å²) in [4.78, 5) is 34.8. The molecule has 2 atom stereocenters. The average Bonchev–Trinajstić information content (AvgIpc) is 3.17. The van der Waals surface area contributed by atoms with E-state index < -0.39 is 32.5 Å². The van der Waals surface area contributed by atoms with E-state index in [-0.39, 0.29) is 32.6 Å². The first-order valence-corrected chi connectivity index (χ1v) is 22.6. The van der Waals surface area contributed by atoms with Gasteiger partial charge in [-0.3, -0.25) is 18.6 Å². The first kappa shape index (κ1) is 52.2. The van der Waals surface area contributed by atoms with Gasteiger partial charge in [0.2, 0.25) is 0 Å². The molecular formula is C45H76NO8P. The molecule has 0 radical (unpaired) electrons. The van der Waals surface area contributed by atoms with Crippen LogP contribution in [0.5, 0.6) is 0 Å². The zero-order valence-electron chi connectivity index (χ0n) is 34.4. The molecule has 0 saturated carbocycles. The van der Waals surface area contributed by atoms with Crippen LogP contribution in [0.25, 0.3) is 0 Å². The Balaban J connectivity index is 4.33. The third kappa shape index (κ3) is 40.7. The van der Waals surface area contributed by atoms with Gasteiger partial charge in [-0.05, 0) is 77.0 Å². The van der Waals surface area contributed by atoms with E-state index >= 15 is 0 Å². The third-order valence-corrected chi connectivity index (χ3v) is 9.26. The Morgan fingerprint density at radius 1 is 0.564 bits per heavy atom. The van der Waals surface area contributed by atoms with E-state index in [1.54, 1.807) is 0 Å². The van der Waals surface area contributed by atoms with Crippen LogP contribution in [0.4, 0.5) is 0 Å². The van der Waals surface area contributed by atoms with Gasteiger partial charge in [-0.25, -0.2) is 4.57 Å². The second-order valence-electron chi connectivity index (χ2n) is 13.5. The van der Waals surface area contributed by atoms with Gasteiger partial charge in [-0.15, -0.1) is 0 Å². The Morgan fingerprint density at radius 3 is 1.56 bits per heavy atom. The van der Waals surface area contributed by atoms with E-state index in [0.717, 1.165) is 64.2 Å². The van der Waals surface area contributed by atoms with E-state index in [1.807, 2.05) is 12.2 Å². The second kappa shape index (κ2) is 40.8. The summed E-state index contributed by atoms with van der Waals surface area (Å²) in [6.45, 7) is 3.49.